The van der Waals surface area contributed by atoms with E-state index in [1.54, 1.807) is 6.20 Å². The zero-order valence-electron chi connectivity index (χ0n) is 11.3. The summed E-state index contributed by atoms with van der Waals surface area (Å²) >= 11 is 0. The highest BCUT2D eigenvalue weighted by molar-refractivity contribution is 5.92. The van der Waals surface area contributed by atoms with Crippen molar-refractivity contribution in [3.05, 3.63) is 18.2 Å². The average molecular weight is 263 g/mol. The lowest BCUT2D eigenvalue weighted by Gasteiger charge is -2.54. The monoisotopic (exact) mass is 263 g/mol. The molecule has 1 aromatic heterocycles. The molecule has 5 heteroatoms. The molecule has 19 heavy (non-hydrogen) atoms. The second kappa shape index (κ2) is 4.96. The maximum absolute atomic E-state index is 12.1. The molecule has 0 saturated heterocycles. The minimum Gasteiger partial charge on any atom is -0.378 e. The van der Waals surface area contributed by atoms with Gasteiger partial charge in [0.05, 0.1) is 18.6 Å². The number of rotatable bonds is 4. The highest BCUT2D eigenvalue weighted by Crippen LogP contribution is 2.54. The first-order valence-electron chi connectivity index (χ1n) is 7.17. The second-order valence-electron chi connectivity index (χ2n) is 5.61. The van der Waals surface area contributed by atoms with Gasteiger partial charge in [-0.15, -0.1) is 0 Å². The molecule has 3 rings (SSSR count). The number of H-pyrrole nitrogens is 1. The van der Waals surface area contributed by atoms with Crippen molar-refractivity contribution in [3.63, 3.8) is 0 Å². The van der Waals surface area contributed by atoms with E-state index in [9.17, 15) is 4.79 Å². The van der Waals surface area contributed by atoms with Gasteiger partial charge in [0, 0.05) is 18.1 Å². The summed E-state index contributed by atoms with van der Waals surface area (Å²) in [4.78, 5) is 18.8. The third-order valence-corrected chi connectivity index (χ3v) is 4.74. The van der Waals surface area contributed by atoms with Crippen molar-refractivity contribution in [1.82, 2.24) is 15.3 Å². The highest BCUT2D eigenvalue weighted by atomic mass is 16.5. The smallest absolute Gasteiger partial charge is 0.269 e. The van der Waals surface area contributed by atoms with Gasteiger partial charge in [-0.1, -0.05) is 12.8 Å². The lowest BCUT2D eigenvalue weighted by Crippen LogP contribution is -2.63. The molecular formula is C14H21N3O2. The molecule has 0 bridgehead atoms. The number of hydrogen-bond acceptors (Lipinski definition) is 3. The maximum Gasteiger partial charge on any atom is 0.269 e. The van der Waals surface area contributed by atoms with Gasteiger partial charge in [-0.25, -0.2) is 4.98 Å². The first-order valence-corrected chi connectivity index (χ1v) is 7.17. The number of amides is 1. The number of hydrogen-bond donors (Lipinski definition) is 2. The van der Waals surface area contributed by atoms with Crippen molar-refractivity contribution in [1.29, 1.82) is 0 Å². The van der Waals surface area contributed by atoms with Crippen LogP contribution in [0.1, 0.15) is 49.5 Å². The summed E-state index contributed by atoms with van der Waals surface area (Å²) in [5.41, 5.74) is 0.721. The van der Waals surface area contributed by atoms with Crippen molar-refractivity contribution in [2.75, 3.05) is 6.61 Å². The minimum atomic E-state index is -0.0521. The fraction of sp³-hybridized carbons (Fsp3) is 0.714. The van der Waals surface area contributed by atoms with Gasteiger partial charge in [-0.3, -0.25) is 4.79 Å². The molecule has 104 valence electrons. The Balaban J connectivity index is 1.67. The average Bonchev–Trinajstić information content (AvgIpc) is 3.09. The summed E-state index contributed by atoms with van der Waals surface area (Å²) in [7, 11) is 0. The number of aromatic amines is 1. The number of carbonyl (C=O) groups excluding carboxylic acids is 1. The summed E-state index contributed by atoms with van der Waals surface area (Å²) in [6, 6.07) is 0.252. The molecule has 2 saturated carbocycles. The van der Waals surface area contributed by atoms with E-state index in [0.29, 0.717) is 11.8 Å². The Bertz CT molecular complexity index is 438. The van der Waals surface area contributed by atoms with Crippen LogP contribution in [0.25, 0.3) is 0 Å². The van der Waals surface area contributed by atoms with Crippen LogP contribution in [0.4, 0.5) is 0 Å². The Morgan fingerprint density at radius 2 is 2.37 bits per heavy atom. The zero-order valence-corrected chi connectivity index (χ0v) is 11.3. The molecule has 2 fully saturated rings. The van der Waals surface area contributed by atoms with Crippen LogP contribution in [0.2, 0.25) is 0 Å². The minimum absolute atomic E-state index is 0.0521. The number of imidazole rings is 1. The number of ether oxygens (including phenoxy) is 1. The van der Waals surface area contributed by atoms with Gasteiger partial charge >= 0.3 is 0 Å². The van der Waals surface area contributed by atoms with E-state index in [2.05, 4.69) is 15.3 Å². The number of nitrogens with one attached hydrogen (secondary N) is 2. The van der Waals surface area contributed by atoms with E-state index in [1.165, 1.54) is 32.0 Å². The summed E-state index contributed by atoms with van der Waals surface area (Å²) in [5.74, 6) is -0.0521. The third-order valence-electron chi connectivity index (χ3n) is 4.74. The Morgan fingerprint density at radius 1 is 1.58 bits per heavy atom. The Morgan fingerprint density at radius 3 is 3.00 bits per heavy atom. The van der Waals surface area contributed by atoms with E-state index < -0.39 is 0 Å². The lowest BCUT2D eigenvalue weighted by molar-refractivity contribution is -0.127. The number of aromatic nitrogens is 2. The van der Waals surface area contributed by atoms with E-state index in [1.807, 2.05) is 6.92 Å². The van der Waals surface area contributed by atoms with E-state index in [4.69, 9.17) is 4.74 Å². The molecule has 5 nitrogen and oxygen atoms in total. The van der Waals surface area contributed by atoms with Gasteiger partial charge < -0.3 is 15.0 Å². The van der Waals surface area contributed by atoms with Crippen LogP contribution in [-0.2, 0) is 4.74 Å². The summed E-state index contributed by atoms with van der Waals surface area (Å²) in [6.45, 7) is 2.80. The summed E-state index contributed by atoms with van der Waals surface area (Å²) < 4.78 is 5.85. The standard InChI is InChI=1S/C14H21N3O2/c1-2-19-12-7-11(14(12)5-3-4-6-14)17-13(18)10-8-15-9-16-10/h8-9,11-12H,2-7H2,1H3,(H,15,16)(H,17,18). The van der Waals surface area contributed by atoms with E-state index in [-0.39, 0.29) is 17.4 Å². The van der Waals surface area contributed by atoms with Crippen molar-refractivity contribution >= 4 is 5.91 Å². The van der Waals surface area contributed by atoms with Crippen LogP contribution in [0.3, 0.4) is 0 Å². The molecule has 1 amide bonds. The summed E-state index contributed by atoms with van der Waals surface area (Å²) in [6.07, 6.45) is 9.21. The van der Waals surface area contributed by atoms with E-state index >= 15 is 0 Å². The molecule has 1 aromatic rings. The van der Waals surface area contributed by atoms with Crippen molar-refractivity contribution < 1.29 is 9.53 Å². The zero-order chi connectivity index (χ0) is 13.3. The molecule has 1 heterocycles. The Kier molecular flexibility index (Phi) is 3.31. The van der Waals surface area contributed by atoms with Crippen LogP contribution in [0, 0.1) is 5.41 Å². The van der Waals surface area contributed by atoms with Crippen LogP contribution in [0.15, 0.2) is 12.5 Å². The van der Waals surface area contributed by atoms with Crippen LogP contribution in [-0.4, -0.2) is 34.6 Å². The van der Waals surface area contributed by atoms with Gasteiger partial charge in [0.1, 0.15) is 5.69 Å². The lowest BCUT2D eigenvalue weighted by atomic mass is 9.60. The SMILES string of the molecule is CCOC1CC(NC(=O)c2cnc[nH]2)C12CCCC2. The van der Waals surface area contributed by atoms with Gasteiger partial charge in [0.25, 0.3) is 5.91 Å². The molecule has 2 aliphatic rings. The van der Waals surface area contributed by atoms with Crippen molar-refractivity contribution in [2.45, 2.75) is 51.2 Å². The maximum atomic E-state index is 12.1. The molecule has 1 spiro atoms. The molecule has 2 atom stereocenters. The van der Waals surface area contributed by atoms with Gasteiger partial charge in [0.15, 0.2) is 0 Å². The largest absolute Gasteiger partial charge is 0.378 e. The Hall–Kier alpha value is -1.36. The van der Waals surface area contributed by atoms with Crippen molar-refractivity contribution in [3.8, 4) is 0 Å². The van der Waals surface area contributed by atoms with Crippen LogP contribution in [0.5, 0.6) is 0 Å². The molecular weight excluding hydrogens is 242 g/mol. The number of carbonyl (C=O) groups is 1. The Labute approximate surface area is 113 Å². The third kappa shape index (κ3) is 2.06. The summed E-state index contributed by atoms with van der Waals surface area (Å²) in [5, 5.41) is 3.15. The molecule has 0 radical (unpaired) electrons. The molecule has 2 unspecified atom stereocenters. The topological polar surface area (TPSA) is 67.0 Å². The van der Waals surface area contributed by atoms with Gasteiger partial charge in [-0.05, 0) is 26.2 Å². The normalized spacial score (nSPS) is 28.3. The van der Waals surface area contributed by atoms with E-state index in [0.717, 1.165) is 13.0 Å². The van der Waals surface area contributed by atoms with Gasteiger partial charge in [0.2, 0.25) is 0 Å². The fourth-order valence-corrected chi connectivity index (χ4v) is 3.70. The quantitative estimate of drug-likeness (QED) is 0.871. The highest BCUT2D eigenvalue weighted by Gasteiger charge is 2.57. The van der Waals surface area contributed by atoms with Crippen molar-refractivity contribution in [2.24, 2.45) is 5.41 Å². The predicted octanol–water partition coefficient (Wildman–Crippen LogP) is 1.88. The first kappa shape index (κ1) is 12.7. The first-order chi connectivity index (χ1) is 9.26. The number of nitrogens with zero attached hydrogens (tertiary/aromatic N) is 1. The molecule has 0 aliphatic heterocycles. The molecule has 2 aliphatic carbocycles. The predicted molar refractivity (Wildman–Crippen MR) is 70.8 cm³/mol. The second-order valence-corrected chi connectivity index (χ2v) is 5.61. The van der Waals surface area contributed by atoms with Gasteiger partial charge in [-0.2, -0.15) is 0 Å². The van der Waals surface area contributed by atoms with Crippen LogP contribution < -0.4 is 5.32 Å². The molecule has 2 N–H and O–H groups in total. The fourth-order valence-electron chi connectivity index (χ4n) is 3.70. The molecule has 0 aromatic carbocycles. The van der Waals surface area contributed by atoms with Crippen LogP contribution >= 0.6 is 0 Å².